The highest BCUT2D eigenvalue weighted by Gasteiger charge is 2.21. The number of rotatable bonds is 2. The van der Waals surface area contributed by atoms with Gasteiger partial charge in [0.05, 0.1) is 6.04 Å². The van der Waals surface area contributed by atoms with Crippen LogP contribution in [0.4, 0.5) is 0 Å². The van der Waals surface area contributed by atoms with Crippen molar-refractivity contribution in [1.29, 1.82) is 0 Å². The number of pyridine rings is 1. The first-order chi connectivity index (χ1) is 8.83. The van der Waals surface area contributed by atoms with Gasteiger partial charge < -0.3 is 9.84 Å². The molecular formula is C13H16N4O. The minimum absolute atomic E-state index is 0.199. The maximum absolute atomic E-state index is 5.33. The molecule has 1 unspecified atom stereocenters. The highest BCUT2D eigenvalue weighted by Crippen LogP contribution is 2.23. The van der Waals surface area contributed by atoms with Crippen molar-refractivity contribution < 1.29 is 4.52 Å². The van der Waals surface area contributed by atoms with Crippen molar-refractivity contribution in [3.63, 3.8) is 0 Å². The van der Waals surface area contributed by atoms with Crippen LogP contribution in [0.25, 0.3) is 11.5 Å². The van der Waals surface area contributed by atoms with E-state index in [-0.39, 0.29) is 6.04 Å². The molecule has 0 spiro atoms. The van der Waals surface area contributed by atoms with Crippen molar-refractivity contribution in [1.82, 2.24) is 20.4 Å². The van der Waals surface area contributed by atoms with Gasteiger partial charge in [-0.05, 0) is 38.4 Å². The summed E-state index contributed by atoms with van der Waals surface area (Å²) in [5.74, 6) is 1.24. The van der Waals surface area contributed by atoms with Crippen LogP contribution in [0.2, 0.25) is 0 Å². The zero-order valence-corrected chi connectivity index (χ0v) is 10.4. The number of hydrogen-bond donors (Lipinski definition) is 1. The Balaban J connectivity index is 1.84. The van der Waals surface area contributed by atoms with Gasteiger partial charge in [-0.3, -0.25) is 0 Å². The molecule has 0 aliphatic carbocycles. The Morgan fingerprint density at radius 1 is 1.28 bits per heavy atom. The van der Waals surface area contributed by atoms with Crippen molar-refractivity contribution >= 4 is 0 Å². The Labute approximate surface area is 106 Å². The van der Waals surface area contributed by atoms with Crippen molar-refractivity contribution in [2.75, 3.05) is 6.54 Å². The fourth-order valence-corrected chi connectivity index (χ4v) is 2.21. The molecule has 1 saturated heterocycles. The number of nitrogens with zero attached hydrogens (tertiary/aromatic N) is 3. The zero-order valence-electron chi connectivity index (χ0n) is 10.4. The topological polar surface area (TPSA) is 63.8 Å². The molecule has 2 aromatic rings. The Kier molecular flexibility index (Phi) is 3.06. The fourth-order valence-electron chi connectivity index (χ4n) is 2.21. The first kappa shape index (κ1) is 11.3. The van der Waals surface area contributed by atoms with Crippen LogP contribution in [-0.2, 0) is 0 Å². The number of piperidine rings is 1. The second kappa shape index (κ2) is 4.86. The Morgan fingerprint density at radius 3 is 3.00 bits per heavy atom. The Bertz CT molecular complexity index is 531. The lowest BCUT2D eigenvalue weighted by Gasteiger charge is -2.19. The van der Waals surface area contributed by atoms with E-state index in [1.807, 2.05) is 25.1 Å². The molecule has 2 aromatic heterocycles. The quantitative estimate of drug-likeness (QED) is 0.877. The maximum atomic E-state index is 5.33. The fraction of sp³-hybridized carbons (Fsp3) is 0.462. The SMILES string of the molecule is Cc1cccc(-c2noc(C3CCCCN3)n2)n1. The lowest BCUT2D eigenvalue weighted by molar-refractivity contribution is 0.297. The van der Waals surface area contributed by atoms with Crippen molar-refractivity contribution in [2.24, 2.45) is 0 Å². The predicted octanol–water partition coefficient (Wildman–Crippen LogP) is 2.25. The summed E-state index contributed by atoms with van der Waals surface area (Å²) < 4.78 is 5.33. The summed E-state index contributed by atoms with van der Waals surface area (Å²) in [6.07, 6.45) is 3.48. The van der Waals surface area contributed by atoms with E-state index in [1.165, 1.54) is 12.8 Å². The van der Waals surface area contributed by atoms with Crippen LogP contribution in [0.5, 0.6) is 0 Å². The van der Waals surface area contributed by atoms with Crippen LogP contribution in [-0.4, -0.2) is 21.7 Å². The Hall–Kier alpha value is -1.75. The van der Waals surface area contributed by atoms with Gasteiger partial charge in [-0.15, -0.1) is 0 Å². The number of hydrogen-bond acceptors (Lipinski definition) is 5. The molecule has 0 aromatic carbocycles. The molecule has 0 amide bonds. The van der Waals surface area contributed by atoms with Crippen LogP contribution < -0.4 is 5.32 Å². The molecule has 1 fully saturated rings. The van der Waals surface area contributed by atoms with E-state index < -0.39 is 0 Å². The molecule has 0 bridgehead atoms. The van der Waals surface area contributed by atoms with E-state index in [2.05, 4.69) is 20.4 Å². The largest absolute Gasteiger partial charge is 0.337 e. The van der Waals surface area contributed by atoms with E-state index >= 15 is 0 Å². The predicted molar refractivity (Wildman–Crippen MR) is 66.9 cm³/mol. The Morgan fingerprint density at radius 2 is 2.22 bits per heavy atom. The smallest absolute Gasteiger partial charge is 0.244 e. The third-order valence-electron chi connectivity index (χ3n) is 3.17. The summed E-state index contributed by atoms with van der Waals surface area (Å²) in [5.41, 5.74) is 1.72. The number of nitrogens with one attached hydrogen (secondary N) is 1. The lowest BCUT2D eigenvalue weighted by atomic mass is 10.1. The van der Waals surface area contributed by atoms with Crippen molar-refractivity contribution in [3.05, 3.63) is 29.8 Å². The first-order valence-electron chi connectivity index (χ1n) is 6.34. The maximum Gasteiger partial charge on any atom is 0.244 e. The highest BCUT2D eigenvalue weighted by atomic mass is 16.5. The minimum atomic E-state index is 0.199. The van der Waals surface area contributed by atoms with Gasteiger partial charge in [0, 0.05) is 5.69 Å². The first-order valence-corrected chi connectivity index (χ1v) is 6.34. The monoisotopic (exact) mass is 244 g/mol. The highest BCUT2D eigenvalue weighted by molar-refractivity contribution is 5.48. The van der Waals surface area contributed by atoms with Gasteiger partial charge in [0.25, 0.3) is 0 Å². The van der Waals surface area contributed by atoms with Crippen LogP contribution in [0, 0.1) is 6.92 Å². The normalized spacial score (nSPS) is 19.9. The van der Waals surface area contributed by atoms with Gasteiger partial charge >= 0.3 is 0 Å². The minimum Gasteiger partial charge on any atom is -0.337 e. The average Bonchev–Trinajstić information content (AvgIpc) is 2.89. The molecular weight excluding hydrogens is 228 g/mol. The lowest BCUT2D eigenvalue weighted by Crippen LogP contribution is -2.26. The summed E-state index contributed by atoms with van der Waals surface area (Å²) in [6.45, 7) is 2.97. The third-order valence-corrected chi connectivity index (χ3v) is 3.17. The van der Waals surface area contributed by atoms with Crippen molar-refractivity contribution in [2.45, 2.75) is 32.2 Å². The summed E-state index contributed by atoms with van der Waals surface area (Å²) >= 11 is 0. The molecule has 3 heterocycles. The summed E-state index contributed by atoms with van der Waals surface area (Å²) in [6, 6.07) is 6.00. The van der Waals surface area contributed by atoms with Crippen LogP contribution in [0.3, 0.4) is 0 Å². The second-order valence-corrected chi connectivity index (χ2v) is 4.62. The molecule has 1 atom stereocenters. The van der Waals surface area contributed by atoms with Crippen LogP contribution in [0.15, 0.2) is 22.7 Å². The second-order valence-electron chi connectivity index (χ2n) is 4.62. The van der Waals surface area contributed by atoms with Crippen LogP contribution in [0.1, 0.15) is 36.9 Å². The molecule has 1 aliphatic heterocycles. The number of aryl methyl sites for hydroxylation is 1. The van der Waals surface area contributed by atoms with Gasteiger partial charge in [-0.1, -0.05) is 17.6 Å². The molecule has 94 valence electrons. The molecule has 5 nitrogen and oxygen atoms in total. The summed E-state index contributed by atoms with van der Waals surface area (Å²) in [7, 11) is 0. The molecule has 1 aliphatic rings. The molecule has 18 heavy (non-hydrogen) atoms. The standard InChI is InChI=1S/C13H16N4O/c1-9-5-4-7-10(15-9)12-16-13(18-17-12)11-6-2-3-8-14-11/h4-5,7,11,14H,2-3,6,8H2,1H3. The molecule has 5 heteroatoms. The van der Waals surface area contributed by atoms with E-state index in [9.17, 15) is 0 Å². The van der Waals surface area contributed by atoms with E-state index in [0.717, 1.165) is 24.4 Å². The van der Waals surface area contributed by atoms with E-state index in [0.29, 0.717) is 11.7 Å². The van der Waals surface area contributed by atoms with Gasteiger partial charge in [0.15, 0.2) is 0 Å². The number of aromatic nitrogens is 3. The molecule has 0 saturated carbocycles. The zero-order chi connectivity index (χ0) is 12.4. The summed E-state index contributed by atoms with van der Waals surface area (Å²) in [4.78, 5) is 8.84. The van der Waals surface area contributed by atoms with Crippen molar-refractivity contribution in [3.8, 4) is 11.5 Å². The molecule has 1 N–H and O–H groups in total. The van der Waals surface area contributed by atoms with Crippen LogP contribution >= 0.6 is 0 Å². The summed E-state index contributed by atoms with van der Waals surface area (Å²) in [5, 5.41) is 7.41. The van der Waals surface area contributed by atoms with Gasteiger partial charge in [-0.2, -0.15) is 4.98 Å². The van der Waals surface area contributed by atoms with E-state index in [1.54, 1.807) is 0 Å². The van der Waals surface area contributed by atoms with Gasteiger partial charge in [-0.25, -0.2) is 4.98 Å². The van der Waals surface area contributed by atoms with E-state index in [4.69, 9.17) is 4.52 Å². The van der Waals surface area contributed by atoms with Gasteiger partial charge in [0.2, 0.25) is 11.7 Å². The molecule has 0 radical (unpaired) electrons. The third kappa shape index (κ3) is 2.26. The molecule has 3 rings (SSSR count). The average molecular weight is 244 g/mol. The van der Waals surface area contributed by atoms with Gasteiger partial charge in [0.1, 0.15) is 5.69 Å².